The van der Waals surface area contributed by atoms with Crippen LogP contribution in [-0.4, -0.2) is 108 Å². The van der Waals surface area contributed by atoms with Crippen molar-refractivity contribution in [3.63, 3.8) is 0 Å². The number of likely N-dealkylation sites (N-methyl/N-ethyl adjacent to an activating group) is 2. The fourth-order valence-electron chi connectivity index (χ4n) is 5.83. The SMILES string of the molecule is CNCC(=O)NC(C)[C@H]1C(=O)N2C(C(=O)O)=C(S[C@@H]3CN[C@H](C(=O)N4CC[C@@H](NC)C4)C3)[C@H](C)[C@H]12. The molecule has 0 aromatic heterocycles. The van der Waals surface area contributed by atoms with Crippen LogP contribution in [-0.2, 0) is 19.2 Å². The Morgan fingerprint density at radius 3 is 2.66 bits per heavy atom. The third kappa shape index (κ3) is 4.81. The Morgan fingerprint density at radius 2 is 2.03 bits per heavy atom. The number of hydrogen-bond acceptors (Lipinski definition) is 8. The first kappa shape index (κ1) is 25.9. The van der Waals surface area contributed by atoms with Crippen molar-refractivity contribution in [1.29, 1.82) is 0 Å². The number of thioether (sulfide) groups is 1. The number of amides is 3. The molecule has 4 aliphatic rings. The lowest BCUT2D eigenvalue weighted by molar-refractivity contribution is -0.158. The highest BCUT2D eigenvalue weighted by molar-refractivity contribution is 8.03. The number of fused-ring (bicyclic) bond motifs is 1. The molecule has 1 unspecified atom stereocenters. The predicted molar refractivity (Wildman–Crippen MR) is 131 cm³/mol. The quantitative estimate of drug-likeness (QED) is 0.242. The molecule has 5 N–H and O–H groups in total. The summed E-state index contributed by atoms with van der Waals surface area (Å²) < 4.78 is 0. The lowest BCUT2D eigenvalue weighted by Crippen LogP contribution is -2.66. The summed E-state index contributed by atoms with van der Waals surface area (Å²) in [5.41, 5.74) is 0.0497. The van der Waals surface area contributed by atoms with Crippen molar-refractivity contribution < 1.29 is 24.3 Å². The van der Waals surface area contributed by atoms with Gasteiger partial charge in [-0.05, 0) is 33.9 Å². The number of rotatable bonds is 9. The number of carboxylic acids is 1. The van der Waals surface area contributed by atoms with Gasteiger partial charge in [-0.3, -0.25) is 14.4 Å². The summed E-state index contributed by atoms with van der Waals surface area (Å²) in [5, 5.41) is 22.2. The second-order valence-electron chi connectivity index (χ2n) is 9.91. The van der Waals surface area contributed by atoms with Gasteiger partial charge in [0.25, 0.3) is 0 Å². The van der Waals surface area contributed by atoms with Crippen LogP contribution in [0.15, 0.2) is 10.6 Å². The minimum absolute atomic E-state index is 0.0402. The molecular weight excluding hydrogens is 472 g/mol. The lowest BCUT2D eigenvalue weighted by atomic mass is 9.78. The van der Waals surface area contributed by atoms with E-state index in [1.54, 1.807) is 14.0 Å². The van der Waals surface area contributed by atoms with Crippen LogP contribution in [0, 0.1) is 11.8 Å². The molecule has 0 aromatic rings. The Labute approximate surface area is 209 Å². The van der Waals surface area contributed by atoms with Crippen molar-refractivity contribution in [2.75, 3.05) is 40.3 Å². The van der Waals surface area contributed by atoms with E-state index in [1.165, 1.54) is 16.7 Å². The summed E-state index contributed by atoms with van der Waals surface area (Å²) in [6, 6.07) is -0.643. The van der Waals surface area contributed by atoms with Crippen molar-refractivity contribution in [1.82, 2.24) is 31.1 Å². The molecule has 0 spiro atoms. The van der Waals surface area contributed by atoms with Crippen LogP contribution in [0.25, 0.3) is 0 Å². The summed E-state index contributed by atoms with van der Waals surface area (Å²) in [5.74, 6) is -2.12. The molecule has 0 saturated carbocycles. The average Bonchev–Trinajstić information content (AvgIpc) is 3.52. The molecule has 3 saturated heterocycles. The monoisotopic (exact) mass is 508 g/mol. The van der Waals surface area contributed by atoms with E-state index in [0.717, 1.165) is 13.0 Å². The van der Waals surface area contributed by atoms with Gasteiger partial charge >= 0.3 is 5.97 Å². The predicted octanol–water partition coefficient (Wildman–Crippen LogP) is -1.23. The van der Waals surface area contributed by atoms with E-state index >= 15 is 0 Å². The van der Waals surface area contributed by atoms with Gasteiger partial charge in [0.1, 0.15) is 5.70 Å². The molecular formula is C23H36N6O5S. The van der Waals surface area contributed by atoms with Gasteiger partial charge in [-0.25, -0.2) is 4.79 Å². The number of likely N-dealkylation sites (tertiary alicyclic amines) is 1. The number of carbonyl (C=O) groups is 4. The molecule has 4 aliphatic heterocycles. The maximum atomic E-state index is 13.0. The van der Waals surface area contributed by atoms with Crippen molar-refractivity contribution in [3.05, 3.63) is 10.6 Å². The smallest absolute Gasteiger partial charge is 0.353 e. The van der Waals surface area contributed by atoms with Crippen molar-refractivity contribution in [3.8, 4) is 0 Å². The molecule has 11 nitrogen and oxygen atoms in total. The van der Waals surface area contributed by atoms with Gasteiger partial charge in [0, 0.05) is 47.8 Å². The number of carboxylic acid groups (broad SMARTS) is 1. The van der Waals surface area contributed by atoms with Gasteiger partial charge < -0.3 is 36.2 Å². The van der Waals surface area contributed by atoms with Crippen LogP contribution >= 0.6 is 11.8 Å². The highest BCUT2D eigenvalue weighted by Gasteiger charge is 2.60. The second kappa shape index (κ2) is 10.5. The topological polar surface area (TPSA) is 143 Å². The van der Waals surface area contributed by atoms with Gasteiger partial charge in [0.05, 0.1) is 24.5 Å². The average molecular weight is 509 g/mol. The van der Waals surface area contributed by atoms with E-state index < -0.39 is 17.9 Å². The molecule has 4 rings (SSSR count). The summed E-state index contributed by atoms with van der Waals surface area (Å²) in [7, 11) is 3.58. The molecule has 194 valence electrons. The van der Waals surface area contributed by atoms with Gasteiger partial charge in [0.15, 0.2) is 0 Å². The Balaban J connectivity index is 1.42. The minimum atomic E-state index is -1.12. The molecule has 0 aromatic carbocycles. The normalized spacial score (nSPS) is 33.1. The Bertz CT molecular complexity index is 928. The second-order valence-corrected chi connectivity index (χ2v) is 11.3. The first-order valence-electron chi connectivity index (χ1n) is 12.3. The van der Waals surface area contributed by atoms with Crippen LogP contribution in [0.4, 0.5) is 0 Å². The van der Waals surface area contributed by atoms with Crippen LogP contribution in [0.2, 0.25) is 0 Å². The maximum Gasteiger partial charge on any atom is 0.353 e. The number of hydrogen-bond donors (Lipinski definition) is 5. The molecule has 0 radical (unpaired) electrons. The highest BCUT2D eigenvalue weighted by Crippen LogP contribution is 2.51. The fraction of sp³-hybridized carbons (Fsp3) is 0.739. The van der Waals surface area contributed by atoms with E-state index in [1.807, 2.05) is 18.9 Å². The molecule has 12 heteroatoms. The molecule has 3 fully saturated rings. The largest absolute Gasteiger partial charge is 0.477 e. The van der Waals surface area contributed by atoms with Gasteiger partial charge in [-0.15, -0.1) is 11.8 Å². The van der Waals surface area contributed by atoms with Gasteiger partial charge in [-0.2, -0.15) is 0 Å². The first-order chi connectivity index (χ1) is 16.7. The zero-order valence-electron chi connectivity index (χ0n) is 20.7. The Kier molecular flexibility index (Phi) is 7.74. The number of nitrogens with one attached hydrogen (secondary N) is 4. The third-order valence-electron chi connectivity index (χ3n) is 7.65. The van der Waals surface area contributed by atoms with Crippen LogP contribution < -0.4 is 21.3 Å². The van der Waals surface area contributed by atoms with Crippen LogP contribution in [0.1, 0.15) is 26.7 Å². The molecule has 0 bridgehead atoms. The highest BCUT2D eigenvalue weighted by atomic mass is 32.2. The van der Waals surface area contributed by atoms with Gasteiger partial charge in [-0.1, -0.05) is 6.92 Å². The summed E-state index contributed by atoms with van der Waals surface area (Å²) in [6.45, 7) is 5.95. The Hall–Kier alpha value is -2.15. The molecule has 35 heavy (non-hydrogen) atoms. The van der Waals surface area contributed by atoms with Crippen LogP contribution in [0.3, 0.4) is 0 Å². The van der Waals surface area contributed by atoms with Crippen molar-refractivity contribution >= 4 is 35.5 Å². The Morgan fingerprint density at radius 1 is 1.29 bits per heavy atom. The third-order valence-corrected chi connectivity index (χ3v) is 9.16. The van der Waals surface area contributed by atoms with E-state index in [9.17, 15) is 24.3 Å². The number of nitrogens with zero attached hydrogens (tertiary/aromatic N) is 2. The zero-order valence-corrected chi connectivity index (χ0v) is 21.5. The van der Waals surface area contributed by atoms with Gasteiger partial charge in [0.2, 0.25) is 17.7 Å². The van der Waals surface area contributed by atoms with E-state index in [-0.39, 0.29) is 53.2 Å². The number of aliphatic carboxylic acids is 1. The maximum absolute atomic E-state index is 13.0. The molecule has 3 amide bonds. The van der Waals surface area contributed by atoms with Crippen molar-refractivity contribution in [2.45, 2.75) is 56.1 Å². The summed E-state index contributed by atoms with van der Waals surface area (Å²) >= 11 is 1.48. The number of carbonyl (C=O) groups excluding carboxylic acids is 3. The first-order valence-corrected chi connectivity index (χ1v) is 13.2. The van der Waals surface area contributed by atoms with Crippen LogP contribution in [0.5, 0.6) is 0 Å². The van der Waals surface area contributed by atoms with E-state index in [0.29, 0.717) is 30.5 Å². The minimum Gasteiger partial charge on any atom is -0.477 e. The molecule has 4 heterocycles. The van der Waals surface area contributed by atoms with E-state index in [2.05, 4.69) is 21.3 Å². The lowest BCUT2D eigenvalue weighted by Gasteiger charge is -2.47. The van der Waals surface area contributed by atoms with E-state index in [4.69, 9.17) is 0 Å². The summed E-state index contributed by atoms with van der Waals surface area (Å²) in [6.07, 6.45) is 1.56. The molecule has 0 aliphatic carbocycles. The summed E-state index contributed by atoms with van der Waals surface area (Å²) in [4.78, 5) is 54.1. The number of β-lactam (4-membered cyclic amide) rings is 1. The standard InChI is InChI=1S/C23H36N6O5S/c1-11-18-17(12(2)27-16(30)9-24-3)22(32)29(18)19(23(33)34)20(11)35-14-7-15(26-8-14)21(31)28-6-5-13(10-28)25-4/h11-15,17-18,24-26H,5-10H2,1-4H3,(H,27,30)(H,33,34)/t11-,12?,13-,14+,15+,17-,18-/m1/s1. The fourth-order valence-corrected chi connectivity index (χ4v) is 7.31. The van der Waals surface area contributed by atoms with Crippen molar-refractivity contribution in [2.24, 2.45) is 11.8 Å². The molecule has 7 atom stereocenters. The zero-order chi connectivity index (χ0) is 25.4.